The van der Waals surface area contributed by atoms with Gasteiger partial charge in [-0.3, -0.25) is 9.97 Å². The highest BCUT2D eigenvalue weighted by Gasteiger charge is 2.00. The van der Waals surface area contributed by atoms with Crippen LogP contribution >= 0.6 is 0 Å². The second-order valence-corrected chi connectivity index (χ2v) is 4.83. The summed E-state index contributed by atoms with van der Waals surface area (Å²) in [5.41, 5.74) is 2.19. The number of aromatic nitrogens is 3. The van der Waals surface area contributed by atoms with Gasteiger partial charge >= 0.3 is 0 Å². The molecule has 0 amide bonds. The number of hydrogen-bond acceptors (Lipinski definition) is 5. The van der Waals surface area contributed by atoms with Gasteiger partial charge in [0.05, 0.1) is 18.5 Å². The van der Waals surface area contributed by atoms with Gasteiger partial charge in [0.15, 0.2) is 0 Å². The number of ether oxygens (including phenoxy) is 1. The molecule has 0 radical (unpaired) electrons. The fourth-order valence-corrected chi connectivity index (χ4v) is 1.94. The maximum absolute atomic E-state index is 5.66. The van der Waals surface area contributed by atoms with E-state index in [-0.39, 0.29) is 0 Å². The van der Waals surface area contributed by atoms with Crippen LogP contribution in [0.2, 0.25) is 0 Å². The Kier molecular flexibility index (Phi) is 6.61. The molecule has 5 nitrogen and oxygen atoms in total. The summed E-state index contributed by atoms with van der Waals surface area (Å²) in [6.07, 6.45) is 10.1. The molecule has 0 unspecified atom stereocenters. The van der Waals surface area contributed by atoms with Gasteiger partial charge in [-0.15, -0.1) is 0 Å². The van der Waals surface area contributed by atoms with Gasteiger partial charge in [-0.1, -0.05) is 6.92 Å². The monoisotopic (exact) mass is 286 g/mol. The maximum atomic E-state index is 5.66. The summed E-state index contributed by atoms with van der Waals surface area (Å²) in [6, 6.07) is 4.06. The predicted octanol–water partition coefficient (Wildman–Crippen LogP) is 2.38. The Labute approximate surface area is 125 Å². The normalized spacial score (nSPS) is 10.5. The van der Waals surface area contributed by atoms with Crippen LogP contribution < -0.4 is 10.1 Å². The molecule has 1 N–H and O–H groups in total. The van der Waals surface area contributed by atoms with Crippen molar-refractivity contribution in [2.24, 2.45) is 0 Å². The van der Waals surface area contributed by atoms with Gasteiger partial charge in [-0.2, -0.15) is 0 Å². The Balaban J connectivity index is 1.71. The predicted molar refractivity (Wildman–Crippen MR) is 82.1 cm³/mol. The molecule has 0 saturated carbocycles. The first kappa shape index (κ1) is 15.4. The van der Waals surface area contributed by atoms with Gasteiger partial charge in [-0.25, -0.2) is 4.98 Å². The summed E-state index contributed by atoms with van der Waals surface area (Å²) >= 11 is 0. The first-order chi connectivity index (χ1) is 10.4. The zero-order valence-corrected chi connectivity index (χ0v) is 12.5. The average molecular weight is 286 g/mol. The molecule has 2 heterocycles. The molecule has 0 bridgehead atoms. The minimum atomic E-state index is 0.598. The Bertz CT molecular complexity index is 519. The molecular weight excluding hydrogens is 264 g/mol. The van der Waals surface area contributed by atoms with Crippen molar-refractivity contribution in [1.82, 2.24) is 20.3 Å². The van der Waals surface area contributed by atoms with Gasteiger partial charge in [-0.05, 0) is 43.5 Å². The topological polar surface area (TPSA) is 59.9 Å². The second-order valence-electron chi connectivity index (χ2n) is 4.83. The second kappa shape index (κ2) is 9.02. The van der Waals surface area contributed by atoms with Gasteiger partial charge < -0.3 is 10.1 Å². The smallest absolute Gasteiger partial charge is 0.232 e. The molecule has 0 fully saturated rings. The fraction of sp³-hybridized carbons (Fsp3) is 0.438. The van der Waals surface area contributed by atoms with Crippen LogP contribution in [0.25, 0.3) is 0 Å². The SMILES string of the molecule is CCCNCc1cncc(OCCCc2ccncc2)n1. The van der Waals surface area contributed by atoms with E-state index < -0.39 is 0 Å². The van der Waals surface area contributed by atoms with Crippen LogP contribution in [0, 0.1) is 0 Å². The molecule has 0 aliphatic heterocycles. The van der Waals surface area contributed by atoms with Gasteiger partial charge in [0, 0.05) is 25.1 Å². The van der Waals surface area contributed by atoms with Crippen molar-refractivity contribution in [2.45, 2.75) is 32.7 Å². The Morgan fingerprint density at radius 3 is 2.81 bits per heavy atom. The third-order valence-electron chi connectivity index (χ3n) is 3.00. The van der Waals surface area contributed by atoms with Crippen LogP contribution in [0.1, 0.15) is 31.0 Å². The molecule has 2 rings (SSSR count). The fourth-order valence-electron chi connectivity index (χ4n) is 1.94. The summed E-state index contributed by atoms with van der Waals surface area (Å²) in [5.74, 6) is 0.598. The minimum absolute atomic E-state index is 0.598. The number of nitrogens with zero attached hydrogens (tertiary/aromatic N) is 3. The minimum Gasteiger partial charge on any atom is -0.477 e. The number of pyridine rings is 1. The third-order valence-corrected chi connectivity index (χ3v) is 3.00. The molecule has 0 aromatic carbocycles. The lowest BCUT2D eigenvalue weighted by molar-refractivity contribution is 0.296. The molecule has 0 spiro atoms. The number of rotatable bonds is 9. The van der Waals surface area contributed by atoms with E-state index in [0.29, 0.717) is 12.5 Å². The van der Waals surface area contributed by atoms with Crippen LogP contribution in [-0.4, -0.2) is 28.1 Å². The van der Waals surface area contributed by atoms with E-state index in [1.54, 1.807) is 12.4 Å². The molecule has 2 aromatic heterocycles. The quantitative estimate of drug-likeness (QED) is 0.717. The molecule has 0 saturated heterocycles. The summed E-state index contributed by atoms with van der Waals surface area (Å²) < 4.78 is 5.66. The lowest BCUT2D eigenvalue weighted by atomic mass is 10.1. The number of nitrogens with one attached hydrogen (secondary N) is 1. The largest absolute Gasteiger partial charge is 0.477 e. The van der Waals surface area contributed by atoms with Gasteiger partial charge in [0.2, 0.25) is 5.88 Å². The van der Waals surface area contributed by atoms with E-state index >= 15 is 0 Å². The third kappa shape index (κ3) is 5.87. The molecular formula is C16H22N4O. The van der Waals surface area contributed by atoms with Crippen molar-refractivity contribution in [3.05, 3.63) is 48.2 Å². The Hall–Kier alpha value is -2.01. The first-order valence-corrected chi connectivity index (χ1v) is 7.42. The molecule has 0 atom stereocenters. The molecule has 21 heavy (non-hydrogen) atoms. The van der Waals surface area contributed by atoms with Gasteiger partial charge in [0.25, 0.3) is 0 Å². The van der Waals surface area contributed by atoms with Crippen LogP contribution in [-0.2, 0) is 13.0 Å². The number of hydrogen-bond donors (Lipinski definition) is 1. The summed E-state index contributed by atoms with van der Waals surface area (Å²) in [5, 5.41) is 3.30. The van der Waals surface area contributed by atoms with E-state index in [1.807, 2.05) is 24.5 Å². The molecule has 5 heteroatoms. The van der Waals surface area contributed by atoms with Crippen LogP contribution in [0.3, 0.4) is 0 Å². The van der Waals surface area contributed by atoms with Crippen LogP contribution in [0.4, 0.5) is 0 Å². The van der Waals surface area contributed by atoms with E-state index in [9.17, 15) is 0 Å². The molecule has 0 aliphatic rings. The Morgan fingerprint density at radius 1 is 1.14 bits per heavy atom. The highest BCUT2D eigenvalue weighted by Crippen LogP contribution is 2.07. The standard InChI is InChI=1S/C16H22N4O/c1-2-7-18-11-15-12-19-13-16(20-15)21-10-3-4-14-5-8-17-9-6-14/h5-6,8-9,12-13,18H,2-4,7,10-11H2,1H3. The average Bonchev–Trinajstić information content (AvgIpc) is 2.53. The van der Waals surface area contributed by atoms with E-state index in [1.165, 1.54) is 5.56 Å². The van der Waals surface area contributed by atoms with Crippen molar-refractivity contribution in [3.63, 3.8) is 0 Å². The van der Waals surface area contributed by atoms with Crippen molar-refractivity contribution in [1.29, 1.82) is 0 Å². The van der Waals surface area contributed by atoms with Crippen molar-refractivity contribution < 1.29 is 4.74 Å². The Morgan fingerprint density at radius 2 is 2.00 bits per heavy atom. The highest BCUT2D eigenvalue weighted by molar-refractivity contribution is 5.10. The van der Waals surface area contributed by atoms with E-state index in [0.717, 1.165) is 38.0 Å². The van der Waals surface area contributed by atoms with Crippen LogP contribution in [0.5, 0.6) is 5.88 Å². The molecule has 112 valence electrons. The zero-order valence-electron chi connectivity index (χ0n) is 12.5. The van der Waals surface area contributed by atoms with E-state index in [2.05, 4.69) is 27.2 Å². The molecule has 2 aromatic rings. The summed E-state index contributed by atoms with van der Waals surface area (Å²) in [6.45, 7) is 4.50. The first-order valence-electron chi connectivity index (χ1n) is 7.42. The van der Waals surface area contributed by atoms with Crippen molar-refractivity contribution >= 4 is 0 Å². The number of aryl methyl sites for hydroxylation is 1. The van der Waals surface area contributed by atoms with E-state index in [4.69, 9.17) is 4.74 Å². The lowest BCUT2D eigenvalue weighted by Crippen LogP contribution is -2.15. The molecule has 0 aliphatic carbocycles. The lowest BCUT2D eigenvalue weighted by Gasteiger charge is -2.07. The maximum Gasteiger partial charge on any atom is 0.232 e. The zero-order chi connectivity index (χ0) is 14.8. The highest BCUT2D eigenvalue weighted by atomic mass is 16.5. The summed E-state index contributed by atoms with van der Waals surface area (Å²) in [7, 11) is 0. The van der Waals surface area contributed by atoms with Crippen molar-refractivity contribution in [3.8, 4) is 5.88 Å². The van der Waals surface area contributed by atoms with Crippen LogP contribution in [0.15, 0.2) is 36.9 Å². The summed E-state index contributed by atoms with van der Waals surface area (Å²) in [4.78, 5) is 12.6. The van der Waals surface area contributed by atoms with Gasteiger partial charge in [0.1, 0.15) is 0 Å². The van der Waals surface area contributed by atoms with Crippen molar-refractivity contribution in [2.75, 3.05) is 13.2 Å².